The SMILES string of the molecule is O=C1c2c(cc3c4cc(C56CC7CC(CC(C7)C5)C6)cc5c6cc7c(cc6n(c3c2C2CCCC2)c54)c2cc(C34CC5CC(CC(C5)C3)C4)cc3c4cc5c(c(C6CCCC6)c4n7c23)C(=O)C2CCC5CC2)C2CCC1CC2. The van der Waals surface area contributed by atoms with Gasteiger partial charge in [-0.1, -0.05) is 25.7 Å². The maximum absolute atomic E-state index is 15.4. The van der Waals surface area contributed by atoms with Crippen LogP contribution in [-0.4, -0.2) is 20.4 Å². The molecule has 394 valence electrons. The van der Waals surface area contributed by atoms with E-state index in [1.54, 1.807) is 11.1 Å². The van der Waals surface area contributed by atoms with E-state index < -0.39 is 0 Å². The molecule has 9 aromatic rings. The lowest BCUT2D eigenvalue weighted by molar-refractivity contribution is -0.00520. The van der Waals surface area contributed by atoms with Crippen LogP contribution in [0.2, 0.25) is 0 Å². The van der Waals surface area contributed by atoms with Gasteiger partial charge in [0, 0.05) is 66.1 Å². The van der Waals surface area contributed by atoms with Crippen LogP contribution in [-0.2, 0) is 10.8 Å². The van der Waals surface area contributed by atoms with Gasteiger partial charge >= 0.3 is 0 Å². The first-order valence-electron chi connectivity index (χ1n) is 33.0. The molecule has 12 fully saturated rings. The zero-order valence-electron chi connectivity index (χ0n) is 46.1. The maximum atomic E-state index is 15.4. The van der Waals surface area contributed by atoms with Gasteiger partial charge in [0.25, 0.3) is 0 Å². The van der Waals surface area contributed by atoms with Gasteiger partial charge in [0.2, 0.25) is 0 Å². The standard InChI is InChI=1S/C74H76N2O2/c77-71-47-13-9-43(10-14-47)51-27-59-57-25-49(73-31-37-17-38(32-73)19-39(18-37)33-73)23-55-53-30-62-54(29-61(53)75(67(55)57)69(59)63(65(51)71)45-5-1-2-6-45)56-24-50(74-34-40-20-41(35-74)22-42(21-40)36-74)26-58-60-28-52-44-11-15-48(16-12-44)72(78)66(52)64(46-7-3-4-8-46)70(60)76(62)68(56)58/h23-30,37-48H,1-22,31-36H2. The molecule has 5 aromatic carbocycles. The van der Waals surface area contributed by atoms with Crippen LogP contribution in [0.15, 0.2) is 48.5 Å². The number of benzene rings is 5. The summed E-state index contributed by atoms with van der Waals surface area (Å²) < 4.78 is 5.63. The Morgan fingerprint density at radius 1 is 0.321 bits per heavy atom. The van der Waals surface area contributed by atoms with Gasteiger partial charge in [-0.25, -0.2) is 0 Å². The lowest BCUT2D eigenvalue weighted by atomic mass is 9.48. The quantitative estimate of drug-likeness (QED) is 0.176. The van der Waals surface area contributed by atoms with Gasteiger partial charge in [-0.3, -0.25) is 9.59 Å². The second-order valence-corrected chi connectivity index (χ2v) is 30.9. The van der Waals surface area contributed by atoms with Gasteiger partial charge in [-0.15, -0.1) is 0 Å². The normalized spacial score (nSPS) is 36.1. The summed E-state index contributed by atoms with van der Waals surface area (Å²) in [6, 6.07) is 21.9. The fourth-order valence-electron chi connectivity index (χ4n) is 24.7. The molecule has 0 saturated heterocycles. The third-order valence-corrected chi connectivity index (χ3v) is 27.0. The second-order valence-electron chi connectivity index (χ2n) is 30.9. The zero-order chi connectivity index (χ0) is 50.4. The van der Waals surface area contributed by atoms with Gasteiger partial charge in [0.15, 0.2) is 11.6 Å². The van der Waals surface area contributed by atoms with E-state index in [-0.39, 0.29) is 22.7 Å². The molecule has 16 aliphatic rings. The zero-order valence-corrected chi connectivity index (χ0v) is 46.1. The number of hydrogen-bond donors (Lipinski definition) is 0. The van der Waals surface area contributed by atoms with E-state index in [1.165, 1.54) is 264 Å². The summed E-state index contributed by atoms with van der Waals surface area (Å²) in [6.45, 7) is 0. The monoisotopic (exact) mass is 1020 g/mol. The Kier molecular flexibility index (Phi) is 8.28. The summed E-state index contributed by atoms with van der Waals surface area (Å²) in [5, 5.41) is 11.6. The van der Waals surface area contributed by atoms with Crippen molar-refractivity contribution in [2.75, 3.05) is 0 Å². The van der Waals surface area contributed by atoms with E-state index in [0.29, 0.717) is 35.2 Å². The number of Topliss-reactive ketones (excluding diaryl/α,β-unsaturated/α-hetero) is 2. The van der Waals surface area contributed by atoms with Crippen molar-refractivity contribution in [1.82, 2.24) is 8.80 Å². The minimum absolute atomic E-state index is 0.180. The van der Waals surface area contributed by atoms with Gasteiger partial charge in [-0.05, 0) is 306 Å². The second kappa shape index (κ2) is 14.7. The maximum Gasteiger partial charge on any atom is 0.166 e. The first kappa shape index (κ1) is 43.8. The van der Waals surface area contributed by atoms with Crippen LogP contribution in [0, 0.1) is 47.3 Å². The number of rotatable bonds is 4. The lowest BCUT2D eigenvalue weighted by Crippen LogP contribution is -2.48. The van der Waals surface area contributed by atoms with Crippen LogP contribution in [0.4, 0.5) is 0 Å². The summed E-state index contributed by atoms with van der Waals surface area (Å²) in [5.74, 6) is 8.46. The van der Waals surface area contributed by atoms with E-state index in [4.69, 9.17) is 0 Å². The molecule has 0 unspecified atom stereocenters. The Morgan fingerprint density at radius 3 is 0.974 bits per heavy atom. The molecule has 25 rings (SSSR count). The van der Waals surface area contributed by atoms with Crippen molar-refractivity contribution in [3.63, 3.8) is 0 Å². The number of fused-ring (bicyclic) bond motifs is 16. The Balaban J connectivity index is 0.937. The molecule has 0 aliphatic heterocycles. The third-order valence-electron chi connectivity index (χ3n) is 27.0. The predicted molar refractivity (Wildman–Crippen MR) is 316 cm³/mol. The minimum Gasteiger partial charge on any atom is -0.308 e. The molecule has 0 N–H and O–H groups in total. The van der Waals surface area contributed by atoms with E-state index >= 15 is 9.59 Å². The molecule has 12 bridgehead atoms. The summed E-state index contributed by atoms with van der Waals surface area (Å²) in [5.41, 5.74) is 20.4. The van der Waals surface area contributed by atoms with Crippen molar-refractivity contribution in [3.05, 3.63) is 93.0 Å². The van der Waals surface area contributed by atoms with Crippen LogP contribution in [0.1, 0.15) is 258 Å². The van der Waals surface area contributed by atoms with Gasteiger partial charge in [0.1, 0.15) is 0 Å². The Bertz CT molecular complexity index is 3860. The smallest absolute Gasteiger partial charge is 0.166 e. The molecule has 0 atom stereocenters. The first-order chi connectivity index (χ1) is 38.3. The van der Waals surface area contributed by atoms with Crippen molar-refractivity contribution in [3.8, 4) is 0 Å². The number of ketones is 2. The van der Waals surface area contributed by atoms with Crippen molar-refractivity contribution in [2.24, 2.45) is 47.3 Å². The van der Waals surface area contributed by atoms with Crippen LogP contribution in [0.3, 0.4) is 0 Å². The number of carbonyl (C=O) groups excluding carboxylic acids is 2. The Labute approximate surface area is 458 Å². The molecule has 12 saturated carbocycles. The average molecular weight is 1030 g/mol. The highest BCUT2D eigenvalue weighted by Gasteiger charge is 2.54. The van der Waals surface area contributed by atoms with Crippen LogP contribution < -0.4 is 0 Å². The average Bonchev–Trinajstić information content (AvgIpc) is 2.90. The Morgan fingerprint density at radius 2 is 0.628 bits per heavy atom. The fourth-order valence-corrected chi connectivity index (χ4v) is 24.7. The Hall–Kier alpha value is -4.96. The van der Waals surface area contributed by atoms with Gasteiger partial charge in [0.05, 0.1) is 33.1 Å². The molecular weight excluding hydrogens is 949 g/mol. The van der Waals surface area contributed by atoms with Gasteiger partial charge in [-0.2, -0.15) is 0 Å². The van der Waals surface area contributed by atoms with E-state index in [0.717, 1.165) is 61.2 Å². The summed E-state index contributed by atoms with van der Waals surface area (Å²) in [4.78, 5) is 30.8. The van der Waals surface area contributed by atoms with E-state index in [1.807, 2.05) is 0 Å². The number of nitrogens with zero attached hydrogens (tertiary/aromatic N) is 2. The molecule has 16 aliphatic carbocycles. The fraction of sp³-hybridized carbons (Fsp3) is 0.568. The molecule has 0 amide bonds. The number of hydrogen-bond acceptors (Lipinski definition) is 2. The topological polar surface area (TPSA) is 43.0 Å². The largest absolute Gasteiger partial charge is 0.308 e. The van der Waals surface area contributed by atoms with Crippen molar-refractivity contribution in [1.29, 1.82) is 0 Å². The lowest BCUT2D eigenvalue weighted by Gasteiger charge is -2.57. The van der Waals surface area contributed by atoms with Crippen LogP contribution in [0.5, 0.6) is 0 Å². The van der Waals surface area contributed by atoms with E-state index in [9.17, 15) is 0 Å². The predicted octanol–water partition coefficient (Wildman–Crippen LogP) is 19.2. The highest BCUT2D eigenvalue weighted by atomic mass is 16.1. The van der Waals surface area contributed by atoms with Crippen molar-refractivity contribution >= 4 is 87.8 Å². The number of carbonyl (C=O) groups is 2. The van der Waals surface area contributed by atoms with E-state index in [2.05, 4.69) is 57.3 Å². The first-order valence-corrected chi connectivity index (χ1v) is 33.0. The molecule has 0 spiro atoms. The van der Waals surface area contributed by atoms with Gasteiger partial charge < -0.3 is 8.80 Å². The minimum atomic E-state index is 0.180. The molecule has 4 nitrogen and oxygen atoms in total. The molecule has 4 heteroatoms. The molecule has 78 heavy (non-hydrogen) atoms. The van der Waals surface area contributed by atoms with Crippen molar-refractivity contribution in [2.45, 2.75) is 214 Å². The van der Waals surface area contributed by atoms with Crippen LogP contribution in [0.25, 0.3) is 76.2 Å². The summed E-state index contributed by atoms with van der Waals surface area (Å²) >= 11 is 0. The highest BCUT2D eigenvalue weighted by Crippen LogP contribution is 2.65. The molecule has 4 heterocycles. The highest BCUT2D eigenvalue weighted by molar-refractivity contribution is 6.30. The third kappa shape index (κ3) is 5.36. The molecule has 0 radical (unpaired) electrons. The molecule has 4 aromatic heterocycles. The van der Waals surface area contributed by atoms with Crippen molar-refractivity contribution < 1.29 is 9.59 Å². The summed E-state index contributed by atoms with van der Waals surface area (Å²) in [6.07, 6.45) is 35.8. The summed E-state index contributed by atoms with van der Waals surface area (Å²) in [7, 11) is 0. The number of aromatic nitrogens is 2. The molecular formula is C74H76N2O2. The van der Waals surface area contributed by atoms with Crippen LogP contribution >= 0.6 is 0 Å².